The first-order valence-electron chi connectivity index (χ1n) is 7.75. The summed E-state index contributed by atoms with van der Waals surface area (Å²) in [5.41, 5.74) is 0.686. The molecule has 7 nitrogen and oxygen atoms in total. The number of rotatable bonds is 5. The van der Waals surface area contributed by atoms with Crippen LogP contribution < -0.4 is 15.0 Å². The second kappa shape index (κ2) is 7.05. The molecule has 1 unspecified atom stereocenters. The minimum atomic E-state index is -2.96. The Kier molecular flexibility index (Phi) is 5.01. The van der Waals surface area contributed by atoms with Gasteiger partial charge < -0.3 is 15.0 Å². The average Bonchev–Trinajstić information content (AvgIpc) is 2.95. The van der Waals surface area contributed by atoms with Gasteiger partial charge in [-0.25, -0.2) is 13.4 Å². The summed E-state index contributed by atoms with van der Waals surface area (Å²) in [6.45, 7) is 0. The van der Waals surface area contributed by atoms with E-state index in [4.69, 9.17) is 16.3 Å². The Hall–Kier alpha value is -2.06. The molecule has 9 heteroatoms. The number of halogens is 1. The van der Waals surface area contributed by atoms with Gasteiger partial charge in [-0.3, -0.25) is 0 Å². The van der Waals surface area contributed by atoms with Crippen LogP contribution in [0.5, 0.6) is 5.75 Å². The minimum Gasteiger partial charge on any atom is -0.495 e. The molecule has 134 valence electrons. The fourth-order valence-corrected chi connectivity index (χ4v) is 4.69. The second-order valence-corrected chi connectivity index (χ2v) is 8.54. The molecule has 1 aromatic heterocycles. The van der Waals surface area contributed by atoms with Gasteiger partial charge in [0.2, 0.25) is 5.95 Å². The van der Waals surface area contributed by atoms with E-state index in [0.717, 1.165) is 0 Å². The van der Waals surface area contributed by atoms with Gasteiger partial charge in [0.25, 0.3) is 0 Å². The summed E-state index contributed by atoms with van der Waals surface area (Å²) in [5, 5.41) is 3.74. The summed E-state index contributed by atoms with van der Waals surface area (Å²) < 4.78 is 28.7. The predicted molar refractivity (Wildman–Crippen MR) is 98.8 cm³/mol. The summed E-state index contributed by atoms with van der Waals surface area (Å²) >= 11 is 6.04. The molecule has 1 aliphatic heterocycles. The lowest BCUT2D eigenvalue weighted by Gasteiger charge is -2.23. The number of anilines is 3. The fourth-order valence-electron chi connectivity index (χ4n) is 2.75. The molecule has 3 rings (SSSR count). The highest BCUT2D eigenvalue weighted by atomic mass is 35.5. The van der Waals surface area contributed by atoms with Gasteiger partial charge >= 0.3 is 0 Å². The highest BCUT2D eigenvalue weighted by molar-refractivity contribution is 7.91. The van der Waals surface area contributed by atoms with Gasteiger partial charge in [0.15, 0.2) is 9.84 Å². The Morgan fingerprint density at radius 3 is 2.84 bits per heavy atom. The van der Waals surface area contributed by atoms with Crippen LogP contribution in [0, 0.1) is 0 Å². The van der Waals surface area contributed by atoms with Crippen LogP contribution in [0.25, 0.3) is 0 Å². The summed E-state index contributed by atoms with van der Waals surface area (Å²) in [5.74, 6) is 2.01. The van der Waals surface area contributed by atoms with Gasteiger partial charge in [-0.2, -0.15) is 4.98 Å². The van der Waals surface area contributed by atoms with Crippen molar-refractivity contribution >= 4 is 38.9 Å². The normalized spacial score (nSPS) is 18.8. The molecule has 0 spiro atoms. The van der Waals surface area contributed by atoms with Crippen LogP contribution in [0.15, 0.2) is 30.5 Å². The monoisotopic (exact) mass is 382 g/mol. The quantitative estimate of drug-likeness (QED) is 0.850. The molecule has 1 N–H and O–H groups in total. The Balaban J connectivity index is 1.81. The minimum absolute atomic E-state index is 0.110. The number of nitrogens with zero attached hydrogens (tertiary/aromatic N) is 3. The topological polar surface area (TPSA) is 84.4 Å². The van der Waals surface area contributed by atoms with Crippen LogP contribution in [0.3, 0.4) is 0 Å². The molecule has 2 aromatic rings. The average molecular weight is 383 g/mol. The van der Waals surface area contributed by atoms with Crippen LogP contribution >= 0.6 is 11.6 Å². The maximum atomic E-state index is 11.7. The van der Waals surface area contributed by atoms with E-state index in [1.807, 2.05) is 11.9 Å². The van der Waals surface area contributed by atoms with E-state index in [-0.39, 0.29) is 17.5 Å². The molecule has 1 atom stereocenters. The molecule has 0 radical (unpaired) electrons. The van der Waals surface area contributed by atoms with Crippen molar-refractivity contribution < 1.29 is 13.2 Å². The Morgan fingerprint density at radius 1 is 1.36 bits per heavy atom. The number of methoxy groups -OCH3 is 1. The predicted octanol–water partition coefficient (Wildman–Crippen LogP) is 2.51. The Labute approximate surface area is 151 Å². The van der Waals surface area contributed by atoms with E-state index in [9.17, 15) is 8.42 Å². The summed E-state index contributed by atoms with van der Waals surface area (Å²) in [6, 6.07) is 6.87. The molecule has 0 amide bonds. The van der Waals surface area contributed by atoms with Crippen molar-refractivity contribution in [2.75, 3.05) is 35.9 Å². The number of benzene rings is 1. The molecule has 0 aliphatic carbocycles. The molecular formula is C16H19ClN4O3S. The van der Waals surface area contributed by atoms with Gasteiger partial charge in [0, 0.05) is 24.3 Å². The van der Waals surface area contributed by atoms with Crippen LogP contribution in [0.2, 0.25) is 5.02 Å². The van der Waals surface area contributed by atoms with Crippen LogP contribution in [-0.4, -0.2) is 50.1 Å². The van der Waals surface area contributed by atoms with Gasteiger partial charge in [-0.1, -0.05) is 11.6 Å². The largest absolute Gasteiger partial charge is 0.495 e. The van der Waals surface area contributed by atoms with E-state index in [1.54, 1.807) is 37.6 Å². The first-order chi connectivity index (χ1) is 11.9. The van der Waals surface area contributed by atoms with Gasteiger partial charge in [0.1, 0.15) is 11.6 Å². The highest BCUT2D eigenvalue weighted by Gasteiger charge is 2.31. The molecule has 1 aliphatic rings. The van der Waals surface area contributed by atoms with E-state index in [1.165, 1.54) is 0 Å². The lowest BCUT2D eigenvalue weighted by atomic mass is 10.2. The lowest BCUT2D eigenvalue weighted by molar-refractivity contribution is 0.417. The number of hydrogen-bond acceptors (Lipinski definition) is 7. The van der Waals surface area contributed by atoms with Crippen molar-refractivity contribution in [3.63, 3.8) is 0 Å². The molecule has 0 bridgehead atoms. The number of ether oxygens (including phenoxy) is 1. The molecule has 0 saturated carbocycles. The molecule has 1 aromatic carbocycles. The maximum absolute atomic E-state index is 11.7. The van der Waals surface area contributed by atoms with Crippen molar-refractivity contribution in [3.05, 3.63) is 35.5 Å². The number of nitrogens with one attached hydrogen (secondary N) is 1. The molecule has 1 fully saturated rings. The van der Waals surface area contributed by atoms with Crippen LogP contribution in [-0.2, 0) is 9.84 Å². The summed E-state index contributed by atoms with van der Waals surface area (Å²) in [7, 11) is 0.423. The zero-order valence-corrected chi connectivity index (χ0v) is 15.5. The third kappa shape index (κ3) is 4.13. The van der Waals surface area contributed by atoms with Crippen molar-refractivity contribution in [1.29, 1.82) is 0 Å². The van der Waals surface area contributed by atoms with Gasteiger partial charge in [0.05, 0.1) is 24.3 Å². The molecule has 1 saturated heterocycles. The summed E-state index contributed by atoms with van der Waals surface area (Å²) in [6.07, 6.45) is 2.21. The third-order valence-electron chi connectivity index (χ3n) is 4.14. The van der Waals surface area contributed by atoms with E-state index in [2.05, 4.69) is 15.3 Å². The van der Waals surface area contributed by atoms with Gasteiger partial charge in [-0.15, -0.1) is 0 Å². The standard InChI is InChI=1S/C16H19ClN4O3S/c1-21(12-6-8-25(22,23)10-12)16-18-7-5-15(20-16)19-13-9-11(17)3-4-14(13)24-2/h3-5,7,9,12H,6,8,10H2,1-2H3,(H,18,19,20). The van der Waals surface area contributed by atoms with Gasteiger partial charge in [-0.05, 0) is 30.7 Å². The lowest BCUT2D eigenvalue weighted by Crippen LogP contribution is -2.33. The zero-order chi connectivity index (χ0) is 18.0. The number of aromatic nitrogens is 2. The first-order valence-corrected chi connectivity index (χ1v) is 9.95. The third-order valence-corrected chi connectivity index (χ3v) is 6.12. The van der Waals surface area contributed by atoms with Crippen LogP contribution in [0.4, 0.5) is 17.5 Å². The van der Waals surface area contributed by atoms with Crippen molar-refractivity contribution in [3.8, 4) is 5.75 Å². The van der Waals surface area contributed by atoms with Crippen molar-refractivity contribution in [2.45, 2.75) is 12.5 Å². The smallest absolute Gasteiger partial charge is 0.227 e. The summed E-state index contributed by atoms with van der Waals surface area (Å²) in [4.78, 5) is 10.5. The van der Waals surface area contributed by atoms with E-state index >= 15 is 0 Å². The van der Waals surface area contributed by atoms with E-state index in [0.29, 0.717) is 34.6 Å². The number of hydrogen-bond donors (Lipinski definition) is 1. The number of sulfone groups is 1. The SMILES string of the molecule is COc1ccc(Cl)cc1Nc1ccnc(N(C)C2CCS(=O)(=O)C2)n1. The van der Waals surface area contributed by atoms with E-state index < -0.39 is 9.84 Å². The van der Waals surface area contributed by atoms with Crippen LogP contribution in [0.1, 0.15) is 6.42 Å². The molecular weight excluding hydrogens is 364 g/mol. The van der Waals surface area contributed by atoms with Crippen molar-refractivity contribution in [1.82, 2.24) is 9.97 Å². The Bertz CT molecular complexity index is 875. The second-order valence-electron chi connectivity index (χ2n) is 5.88. The maximum Gasteiger partial charge on any atom is 0.227 e. The van der Waals surface area contributed by atoms with Crippen molar-refractivity contribution in [2.24, 2.45) is 0 Å². The highest BCUT2D eigenvalue weighted by Crippen LogP contribution is 2.30. The first kappa shape index (κ1) is 17.8. The Morgan fingerprint density at radius 2 is 2.16 bits per heavy atom. The fraction of sp³-hybridized carbons (Fsp3) is 0.375. The zero-order valence-electron chi connectivity index (χ0n) is 13.9. The molecule has 2 heterocycles. The molecule has 25 heavy (non-hydrogen) atoms.